The molecule has 2 heterocycles. The Morgan fingerprint density at radius 1 is 0.969 bits per heavy atom. The van der Waals surface area contributed by atoms with Crippen LogP contribution >= 0.6 is 12.2 Å². The Balaban J connectivity index is 1.46. The molecule has 0 atom stereocenters. The number of sulfonamides is 1. The number of fused-ring (bicyclic) bond motifs is 1. The van der Waals surface area contributed by atoms with Crippen LogP contribution in [0.2, 0.25) is 0 Å². The summed E-state index contributed by atoms with van der Waals surface area (Å²) in [6.07, 6.45) is 3.22. The summed E-state index contributed by atoms with van der Waals surface area (Å²) >= 11 is 5.91. The monoisotopic (exact) mass is 472 g/mol. The number of piperidine rings is 1. The quantitative estimate of drug-likeness (QED) is 0.475. The van der Waals surface area contributed by atoms with E-state index in [1.54, 1.807) is 0 Å². The summed E-state index contributed by atoms with van der Waals surface area (Å²) < 4.78 is 32.3. The summed E-state index contributed by atoms with van der Waals surface area (Å²) in [4.78, 5) is 2.37. The van der Waals surface area contributed by atoms with E-state index in [0.717, 1.165) is 61.4 Å². The van der Waals surface area contributed by atoms with Crippen molar-refractivity contribution >= 4 is 33.3 Å². The summed E-state index contributed by atoms with van der Waals surface area (Å²) in [7, 11) is -3.16. The average Bonchev–Trinajstić information content (AvgIpc) is 3.05. The zero-order chi connectivity index (χ0) is 22.6. The molecule has 1 aliphatic heterocycles. The van der Waals surface area contributed by atoms with E-state index >= 15 is 0 Å². The average molecular weight is 473 g/mol. The van der Waals surface area contributed by atoms with Gasteiger partial charge in [-0.3, -0.25) is 4.90 Å². The number of hydrogen-bond acceptors (Lipinski definition) is 4. The fraction of sp³-hybridized carbons (Fsp3) is 0.458. The van der Waals surface area contributed by atoms with Crippen LogP contribution in [0.25, 0.3) is 11.0 Å². The molecule has 32 heavy (non-hydrogen) atoms. The number of benzene rings is 2. The third-order valence-corrected chi connectivity index (χ3v) is 8.22. The smallest absolute Gasteiger partial charge is 0.211 e. The standard InChI is InChI=1S/C24H32N4O2S2/c1-2-18-32(29,30)25-21-13-15-26(16-14-21)19-28-23-11-7-6-10-22(23)27(24(28)31)17-12-20-8-4-3-5-9-20/h3-11,21,25H,2,12-19H2,1H3. The highest BCUT2D eigenvalue weighted by Crippen LogP contribution is 2.21. The van der Waals surface area contributed by atoms with Crippen LogP contribution in [0.1, 0.15) is 31.7 Å². The summed E-state index contributed by atoms with van der Waals surface area (Å²) in [6.45, 7) is 5.17. The van der Waals surface area contributed by atoms with Crippen LogP contribution in [-0.4, -0.2) is 47.3 Å². The van der Waals surface area contributed by atoms with Crippen LogP contribution in [0, 0.1) is 4.77 Å². The first-order valence-electron chi connectivity index (χ1n) is 11.4. The van der Waals surface area contributed by atoms with Gasteiger partial charge in [-0.2, -0.15) is 0 Å². The van der Waals surface area contributed by atoms with Crippen molar-refractivity contribution in [2.24, 2.45) is 0 Å². The summed E-state index contributed by atoms with van der Waals surface area (Å²) in [5.74, 6) is 0.199. The van der Waals surface area contributed by atoms with Gasteiger partial charge in [-0.25, -0.2) is 13.1 Å². The first-order valence-corrected chi connectivity index (χ1v) is 13.5. The van der Waals surface area contributed by atoms with Gasteiger partial charge < -0.3 is 9.13 Å². The van der Waals surface area contributed by atoms with Gasteiger partial charge in [0.05, 0.1) is 23.5 Å². The molecule has 1 N–H and O–H groups in total. The molecule has 0 bridgehead atoms. The van der Waals surface area contributed by atoms with Gasteiger partial charge in [0.25, 0.3) is 0 Å². The number of aromatic nitrogens is 2. The minimum Gasteiger partial charge on any atom is -0.316 e. The van der Waals surface area contributed by atoms with Gasteiger partial charge in [-0.1, -0.05) is 49.4 Å². The van der Waals surface area contributed by atoms with Crippen LogP contribution in [0.5, 0.6) is 0 Å². The number of hydrogen-bond donors (Lipinski definition) is 1. The second-order valence-corrected chi connectivity index (χ2v) is 10.8. The molecule has 0 unspecified atom stereocenters. The van der Waals surface area contributed by atoms with Crippen molar-refractivity contribution in [3.8, 4) is 0 Å². The highest BCUT2D eigenvalue weighted by molar-refractivity contribution is 7.89. The van der Waals surface area contributed by atoms with Crippen molar-refractivity contribution in [1.82, 2.24) is 18.8 Å². The maximum Gasteiger partial charge on any atom is 0.211 e. The van der Waals surface area contributed by atoms with Crippen molar-refractivity contribution in [2.75, 3.05) is 18.8 Å². The van der Waals surface area contributed by atoms with Crippen molar-refractivity contribution in [2.45, 2.75) is 51.9 Å². The number of rotatable bonds is 9. The third-order valence-electron chi connectivity index (χ3n) is 6.14. The molecule has 0 radical (unpaired) electrons. The van der Waals surface area contributed by atoms with E-state index < -0.39 is 10.0 Å². The molecule has 2 aromatic carbocycles. The second kappa shape index (κ2) is 10.3. The Labute approximate surface area is 195 Å². The number of nitrogens with one attached hydrogen (secondary N) is 1. The maximum atomic E-state index is 12.1. The summed E-state index contributed by atoms with van der Waals surface area (Å²) in [5.41, 5.74) is 3.62. The Bertz CT molecular complexity index is 1190. The van der Waals surface area contributed by atoms with E-state index in [1.165, 1.54) is 5.56 Å². The minimum atomic E-state index is -3.16. The van der Waals surface area contributed by atoms with Crippen molar-refractivity contribution < 1.29 is 8.42 Å². The predicted octanol–water partition coefficient (Wildman–Crippen LogP) is 4.17. The minimum absolute atomic E-state index is 0.0305. The normalized spacial score (nSPS) is 16.0. The van der Waals surface area contributed by atoms with Crippen LogP contribution < -0.4 is 4.72 Å². The molecular formula is C24H32N4O2S2. The lowest BCUT2D eigenvalue weighted by atomic mass is 10.1. The molecule has 1 aliphatic rings. The molecule has 172 valence electrons. The van der Waals surface area contributed by atoms with E-state index in [-0.39, 0.29) is 11.8 Å². The molecule has 0 aliphatic carbocycles. The van der Waals surface area contributed by atoms with E-state index in [4.69, 9.17) is 12.2 Å². The molecule has 4 rings (SSSR count). The van der Waals surface area contributed by atoms with Crippen LogP contribution in [-0.2, 0) is 29.7 Å². The lowest BCUT2D eigenvalue weighted by Gasteiger charge is -2.32. The summed E-state index contributed by atoms with van der Waals surface area (Å²) in [6, 6.07) is 18.9. The van der Waals surface area contributed by atoms with Crippen molar-refractivity contribution in [1.29, 1.82) is 0 Å². The highest BCUT2D eigenvalue weighted by Gasteiger charge is 2.24. The largest absolute Gasteiger partial charge is 0.316 e. The molecule has 0 saturated carbocycles. The molecule has 1 aromatic heterocycles. The zero-order valence-corrected chi connectivity index (χ0v) is 20.2. The number of aryl methyl sites for hydroxylation is 2. The lowest BCUT2D eigenvalue weighted by Crippen LogP contribution is -2.45. The van der Waals surface area contributed by atoms with Gasteiger partial charge in [0.2, 0.25) is 10.0 Å². The maximum absolute atomic E-state index is 12.1. The van der Waals surface area contributed by atoms with Gasteiger partial charge in [0, 0.05) is 25.7 Å². The Morgan fingerprint density at radius 3 is 2.25 bits per heavy atom. The molecule has 6 nitrogen and oxygen atoms in total. The molecule has 0 amide bonds. The van der Waals surface area contributed by atoms with Gasteiger partial charge in [0.1, 0.15) is 0 Å². The third kappa shape index (κ3) is 5.49. The van der Waals surface area contributed by atoms with Crippen molar-refractivity contribution in [3.63, 3.8) is 0 Å². The molecule has 0 spiro atoms. The summed E-state index contributed by atoms with van der Waals surface area (Å²) in [5, 5.41) is 0. The molecule has 1 fully saturated rings. The first-order chi connectivity index (χ1) is 15.5. The van der Waals surface area contributed by atoms with Gasteiger partial charge >= 0.3 is 0 Å². The van der Waals surface area contributed by atoms with Crippen LogP contribution in [0.3, 0.4) is 0 Å². The number of nitrogens with zero attached hydrogens (tertiary/aromatic N) is 3. The Morgan fingerprint density at radius 2 is 1.59 bits per heavy atom. The van der Waals surface area contributed by atoms with Crippen LogP contribution in [0.15, 0.2) is 54.6 Å². The highest BCUT2D eigenvalue weighted by atomic mass is 32.2. The molecule has 3 aromatic rings. The molecular weight excluding hydrogens is 440 g/mol. The topological polar surface area (TPSA) is 59.3 Å². The lowest BCUT2D eigenvalue weighted by molar-refractivity contribution is 0.167. The van der Waals surface area contributed by atoms with E-state index in [2.05, 4.69) is 67.3 Å². The van der Waals surface area contributed by atoms with E-state index in [9.17, 15) is 8.42 Å². The Kier molecular flexibility index (Phi) is 7.45. The fourth-order valence-electron chi connectivity index (χ4n) is 4.48. The van der Waals surface area contributed by atoms with Crippen LogP contribution in [0.4, 0.5) is 0 Å². The zero-order valence-electron chi connectivity index (χ0n) is 18.6. The number of imidazole rings is 1. The fourth-order valence-corrected chi connectivity index (χ4v) is 6.23. The Hall–Kier alpha value is -2.00. The SMILES string of the molecule is CCCS(=O)(=O)NC1CCN(Cn2c(=S)n(CCc3ccccc3)c3ccccc32)CC1. The predicted molar refractivity (Wildman–Crippen MR) is 133 cm³/mol. The second-order valence-electron chi connectivity index (χ2n) is 8.56. The van der Waals surface area contributed by atoms with E-state index in [0.29, 0.717) is 6.42 Å². The van der Waals surface area contributed by atoms with Crippen molar-refractivity contribution in [3.05, 3.63) is 64.9 Å². The first kappa shape index (κ1) is 23.2. The molecule has 8 heteroatoms. The van der Waals surface area contributed by atoms with Gasteiger partial charge in [-0.15, -0.1) is 0 Å². The number of likely N-dealkylation sites (tertiary alicyclic amines) is 1. The molecule has 1 saturated heterocycles. The number of para-hydroxylation sites is 2. The van der Waals surface area contributed by atoms with Gasteiger partial charge in [0.15, 0.2) is 4.77 Å². The van der Waals surface area contributed by atoms with E-state index in [1.807, 2.05) is 13.0 Å². The van der Waals surface area contributed by atoms with Gasteiger partial charge in [-0.05, 0) is 55.6 Å².